The van der Waals surface area contributed by atoms with E-state index in [4.69, 9.17) is 4.74 Å². The maximum Gasteiger partial charge on any atom is 0.407 e. The summed E-state index contributed by atoms with van der Waals surface area (Å²) >= 11 is 1.36. The standard InChI is InChI=1S/C29H39N3O6S2/c1-5-20(2)17-32(40(36,37)24-13-14-25-28(16-24)39-19-30-25)18-27(34)26(15-23-9-7-6-8-10-23)31-29(35)38-22(4)12-11-21(3)33/h6-10,13-14,16,19-20,22,26-27,34H,5,11-12,15,17-18H2,1-4H3,(H,31,35)/t20-,22+,26-,27+/m0/s1. The van der Waals surface area contributed by atoms with Crippen LogP contribution in [0.3, 0.4) is 0 Å². The van der Waals surface area contributed by atoms with Gasteiger partial charge in [-0.1, -0.05) is 50.6 Å². The molecule has 4 atom stereocenters. The first kappa shape index (κ1) is 31.7. The van der Waals surface area contributed by atoms with Crippen molar-refractivity contribution in [1.82, 2.24) is 14.6 Å². The Kier molecular flexibility index (Phi) is 11.6. The molecule has 218 valence electrons. The fraction of sp³-hybridized carbons (Fsp3) is 0.483. The topological polar surface area (TPSA) is 126 Å². The number of Topliss-reactive ketones (excluding diaryl/α,β-unsaturated/α-hetero) is 1. The van der Waals surface area contributed by atoms with Gasteiger partial charge in [-0.3, -0.25) is 0 Å². The first-order valence-electron chi connectivity index (χ1n) is 13.5. The van der Waals surface area contributed by atoms with Crippen LogP contribution in [0.15, 0.2) is 58.9 Å². The number of aliphatic hydroxyl groups is 1. The summed E-state index contributed by atoms with van der Waals surface area (Å²) in [5.74, 6) is 0.0482. The van der Waals surface area contributed by atoms with Crippen LogP contribution < -0.4 is 5.32 Å². The maximum absolute atomic E-state index is 13.8. The molecule has 0 spiro atoms. The first-order chi connectivity index (χ1) is 19.0. The number of aliphatic hydroxyl groups excluding tert-OH is 1. The number of nitrogens with one attached hydrogen (secondary N) is 1. The van der Waals surface area contributed by atoms with Gasteiger partial charge in [0.2, 0.25) is 10.0 Å². The van der Waals surface area contributed by atoms with E-state index >= 15 is 0 Å². The minimum atomic E-state index is -3.96. The van der Waals surface area contributed by atoms with Gasteiger partial charge in [0, 0.05) is 19.5 Å². The van der Waals surface area contributed by atoms with Gasteiger partial charge < -0.3 is 20.0 Å². The number of carbonyl (C=O) groups excluding carboxylic acids is 2. The van der Waals surface area contributed by atoms with Crippen molar-refractivity contribution in [3.05, 3.63) is 59.6 Å². The molecule has 1 aromatic heterocycles. The Balaban J connectivity index is 1.84. The monoisotopic (exact) mass is 589 g/mol. The summed E-state index contributed by atoms with van der Waals surface area (Å²) in [5.41, 5.74) is 3.26. The molecule has 0 fully saturated rings. The highest BCUT2D eigenvalue weighted by molar-refractivity contribution is 7.89. The van der Waals surface area contributed by atoms with Crippen molar-refractivity contribution in [3.63, 3.8) is 0 Å². The van der Waals surface area contributed by atoms with Crippen LogP contribution in [0, 0.1) is 5.92 Å². The zero-order chi connectivity index (χ0) is 29.3. The average molecular weight is 590 g/mol. The van der Waals surface area contributed by atoms with Crippen LogP contribution in [0.1, 0.15) is 52.5 Å². The summed E-state index contributed by atoms with van der Waals surface area (Å²) in [6, 6.07) is 13.3. The molecule has 0 bridgehead atoms. The Labute approximate surface area is 240 Å². The summed E-state index contributed by atoms with van der Waals surface area (Å²) < 4.78 is 35.1. The lowest BCUT2D eigenvalue weighted by Gasteiger charge is -2.31. The molecule has 9 nitrogen and oxygen atoms in total. The second kappa shape index (κ2) is 14.7. The predicted molar refractivity (Wildman–Crippen MR) is 157 cm³/mol. The number of carbonyl (C=O) groups is 2. The Hall–Kier alpha value is -2.86. The third-order valence-electron chi connectivity index (χ3n) is 6.82. The highest BCUT2D eigenvalue weighted by atomic mass is 32.2. The lowest BCUT2D eigenvalue weighted by atomic mass is 10.0. The lowest BCUT2D eigenvalue weighted by molar-refractivity contribution is -0.117. The van der Waals surface area contributed by atoms with E-state index in [0.29, 0.717) is 12.8 Å². The zero-order valence-corrected chi connectivity index (χ0v) is 25.1. The van der Waals surface area contributed by atoms with E-state index in [2.05, 4.69) is 10.3 Å². The fourth-order valence-corrected chi connectivity index (χ4v) is 6.61. The summed E-state index contributed by atoms with van der Waals surface area (Å²) in [5, 5.41) is 14.1. The number of ketones is 1. The zero-order valence-electron chi connectivity index (χ0n) is 23.4. The molecule has 1 heterocycles. The van der Waals surface area contributed by atoms with Crippen molar-refractivity contribution < 1.29 is 27.9 Å². The van der Waals surface area contributed by atoms with Crippen LogP contribution in [0.4, 0.5) is 4.79 Å². The van der Waals surface area contributed by atoms with Crippen LogP contribution in [0.25, 0.3) is 10.2 Å². The summed E-state index contributed by atoms with van der Waals surface area (Å²) in [6.07, 6.45) is -0.758. The van der Waals surface area contributed by atoms with Crippen molar-refractivity contribution in [2.45, 2.75) is 76.5 Å². The molecular weight excluding hydrogens is 550 g/mol. The molecule has 3 rings (SSSR count). The summed E-state index contributed by atoms with van der Waals surface area (Å²) in [7, 11) is -3.96. The normalized spacial score (nSPS) is 14.9. The number of amides is 1. The van der Waals surface area contributed by atoms with Crippen molar-refractivity contribution in [2.75, 3.05) is 13.1 Å². The molecule has 0 saturated heterocycles. The van der Waals surface area contributed by atoms with Gasteiger partial charge >= 0.3 is 6.09 Å². The number of hydrogen-bond donors (Lipinski definition) is 2. The van der Waals surface area contributed by atoms with Crippen LogP contribution in [-0.2, 0) is 26.0 Å². The second-order valence-electron chi connectivity index (χ2n) is 10.3. The molecule has 2 N–H and O–H groups in total. The van der Waals surface area contributed by atoms with Crippen molar-refractivity contribution in [1.29, 1.82) is 0 Å². The third kappa shape index (κ3) is 9.09. The van der Waals surface area contributed by atoms with E-state index < -0.39 is 34.4 Å². The smallest absolute Gasteiger partial charge is 0.407 e. The van der Waals surface area contributed by atoms with E-state index in [1.807, 2.05) is 44.2 Å². The highest BCUT2D eigenvalue weighted by Gasteiger charge is 2.32. The van der Waals surface area contributed by atoms with Crippen molar-refractivity contribution in [3.8, 4) is 0 Å². The molecule has 0 aliphatic heterocycles. The van der Waals surface area contributed by atoms with E-state index in [-0.39, 0.29) is 36.1 Å². The van der Waals surface area contributed by atoms with Crippen molar-refractivity contribution in [2.24, 2.45) is 5.92 Å². The van der Waals surface area contributed by atoms with Crippen LogP contribution in [0.2, 0.25) is 0 Å². The SMILES string of the molecule is CC[C@H](C)CN(C[C@@H](O)[C@H](Cc1ccccc1)NC(=O)O[C@H](C)CCC(C)=O)S(=O)(=O)c1ccc2ncsc2c1. The highest BCUT2D eigenvalue weighted by Crippen LogP contribution is 2.25. The van der Waals surface area contributed by atoms with E-state index in [1.54, 1.807) is 24.6 Å². The van der Waals surface area contributed by atoms with Gasteiger partial charge in [-0.05, 0) is 56.4 Å². The van der Waals surface area contributed by atoms with Gasteiger partial charge in [0.15, 0.2) is 0 Å². The lowest BCUT2D eigenvalue weighted by Crippen LogP contribution is -2.51. The van der Waals surface area contributed by atoms with Gasteiger partial charge in [-0.25, -0.2) is 18.2 Å². The number of sulfonamides is 1. The summed E-state index contributed by atoms with van der Waals surface area (Å²) in [4.78, 5) is 28.4. The van der Waals surface area contributed by atoms with Gasteiger partial charge in [-0.15, -0.1) is 11.3 Å². The van der Waals surface area contributed by atoms with Gasteiger partial charge in [0.1, 0.15) is 11.9 Å². The molecule has 3 aromatic rings. The van der Waals surface area contributed by atoms with Gasteiger partial charge in [0.05, 0.1) is 32.8 Å². The van der Waals surface area contributed by atoms with Crippen LogP contribution >= 0.6 is 11.3 Å². The molecule has 0 radical (unpaired) electrons. The molecule has 0 unspecified atom stereocenters. The average Bonchev–Trinajstić information content (AvgIpc) is 3.39. The molecular formula is C29H39N3O6S2. The number of benzene rings is 2. The number of ether oxygens (including phenoxy) is 1. The Bertz CT molecular complexity index is 1360. The van der Waals surface area contributed by atoms with E-state index in [0.717, 1.165) is 22.2 Å². The van der Waals surface area contributed by atoms with E-state index in [1.165, 1.54) is 28.6 Å². The minimum Gasteiger partial charge on any atom is -0.447 e. The number of aromatic nitrogens is 1. The maximum atomic E-state index is 13.8. The molecule has 0 aliphatic rings. The third-order valence-corrected chi connectivity index (χ3v) is 9.44. The number of hydrogen-bond acceptors (Lipinski definition) is 8. The van der Waals surface area contributed by atoms with Gasteiger partial charge in [-0.2, -0.15) is 4.31 Å². The first-order valence-corrected chi connectivity index (χ1v) is 15.8. The second-order valence-corrected chi connectivity index (χ2v) is 13.1. The predicted octanol–water partition coefficient (Wildman–Crippen LogP) is 4.79. The quantitative estimate of drug-likeness (QED) is 0.261. The number of thiazole rings is 1. The fourth-order valence-electron chi connectivity index (χ4n) is 4.21. The minimum absolute atomic E-state index is 0.00494. The van der Waals surface area contributed by atoms with Crippen LogP contribution in [0.5, 0.6) is 0 Å². The Morgan fingerprint density at radius 1 is 1.12 bits per heavy atom. The molecule has 40 heavy (non-hydrogen) atoms. The van der Waals surface area contributed by atoms with Crippen molar-refractivity contribution >= 4 is 43.5 Å². The number of nitrogens with zero attached hydrogens (tertiary/aromatic N) is 2. The largest absolute Gasteiger partial charge is 0.447 e. The van der Waals surface area contributed by atoms with E-state index in [9.17, 15) is 23.1 Å². The Morgan fingerprint density at radius 2 is 1.85 bits per heavy atom. The number of rotatable bonds is 15. The molecule has 11 heteroatoms. The molecule has 0 saturated carbocycles. The number of alkyl carbamates (subject to hydrolysis) is 1. The number of fused-ring (bicyclic) bond motifs is 1. The van der Waals surface area contributed by atoms with Crippen LogP contribution in [-0.4, -0.2) is 66.0 Å². The molecule has 1 amide bonds. The molecule has 0 aliphatic carbocycles. The van der Waals surface area contributed by atoms with Gasteiger partial charge in [0.25, 0.3) is 0 Å². The molecule has 2 aromatic carbocycles. The Morgan fingerprint density at radius 3 is 2.52 bits per heavy atom. The summed E-state index contributed by atoms with van der Waals surface area (Å²) in [6.45, 7) is 7.12.